The fraction of sp³-hybridized carbons (Fsp3) is 0.136. The summed E-state index contributed by atoms with van der Waals surface area (Å²) in [5.41, 5.74) is 0.285. The van der Waals surface area contributed by atoms with E-state index < -0.39 is 32.5 Å². The van der Waals surface area contributed by atoms with Gasteiger partial charge >= 0.3 is 5.97 Å². The van der Waals surface area contributed by atoms with E-state index in [9.17, 15) is 22.0 Å². The summed E-state index contributed by atoms with van der Waals surface area (Å²) in [5.74, 6) is -3.00. The van der Waals surface area contributed by atoms with Crippen molar-refractivity contribution < 1.29 is 36.2 Å². The minimum Gasteiger partial charge on any atom is -0.494 e. The van der Waals surface area contributed by atoms with Crippen LogP contribution < -0.4 is 14.2 Å². The average Bonchev–Trinajstić information content (AvgIpc) is 2.76. The van der Waals surface area contributed by atoms with Gasteiger partial charge in [-0.1, -0.05) is 17.7 Å². The molecule has 0 radical (unpaired) electrons. The molecule has 0 aliphatic carbocycles. The summed E-state index contributed by atoms with van der Waals surface area (Å²) in [4.78, 5) is 12.2. The van der Waals surface area contributed by atoms with Crippen LogP contribution in [0.2, 0.25) is 5.02 Å². The predicted octanol–water partition coefficient (Wildman–Crippen LogP) is 4.77. The lowest BCUT2D eigenvalue weighted by atomic mass is 9.99. The van der Waals surface area contributed by atoms with Crippen molar-refractivity contribution in [2.45, 2.75) is 11.5 Å². The Kier molecular flexibility index (Phi) is 5.89. The number of hydrogen-bond donors (Lipinski definition) is 1. The zero-order chi connectivity index (χ0) is 23.9. The summed E-state index contributed by atoms with van der Waals surface area (Å²) in [6, 6.07) is 8.26. The molecule has 3 aromatic carbocycles. The van der Waals surface area contributed by atoms with Crippen LogP contribution in [0.15, 0.2) is 47.4 Å². The van der Waals surface area contributed by atoms with Crippen molar-refractivity contribution in [1.29, 1.82) is 0 Å². The molecule has 0 unspecified atom stereocenters. The number of methoxy groups -OCH3 is 2. The molecule has 0 amide bonds. The van der Waals surface area contributed by atoms with Crippen LogP contribution in [0, 0.1) is 11.6 Å². The molecule has 1 aliphatic rings. The lowest BCUT2D eigenvalue weighted by Gasteiger charge is -2.17. The van der Waals surface area contributed by atoms with Gasteiger partial charge in [-0.2, -0.15) is 0 Å². The number of rotatable bonds is 2. The molecular formula is C22H16ClF2NO6S. The Labute approximate surface area is 192 Å². The minimum absolute atomic E-state index is 0.132. The summed E-state index contributed by atoms with van der Waals surface area (Å²) >= 11 is 6.16. The molecule has 0 saturated heterocycles. The van der Waals surface area contributed by atoms with Gasteiger partial charge in [0.05, 0.1) is 30.5 Å². The molecule has 0 saturated carbocycles. The van der Waals surface area contributed by atoms with Crippen LogP contribution in [0.4, 0.5) is 14.5 Å². The zero-order valence-corrected chi connectivity index (χ0v) is 18.8. The standard InChI is InChI=1S/C22H16ClF2NO6S/c1-30-20-16(23)5-13-8-19(20)33(28,29)26-18-7-12(6-17(25)21(18)31-2)15-9-14(24)4-3-11(15)10-32-22(13)27/h3-9,26H,10H2,1-2H3. The van der Waals surface area contributed by atoms with E-state index in [1.54, 1.807) is 0 Å². The molecule has 0 fully saturated rings. The van der Waals surface area contributed by atoms with Crippen LogP contribution in [0.25, 0.3) is 11.1 Å². The number of carbonyl (C=O) groups excluding carboxylic acids is 1. The molecule has 0 spiro atoms. The maximum atomic E-state index is 14.9. The number of cyclic esters (lactones) is 1. The number of esters is 1. The smallest absolute Gasteiger partial charge is 0.338 e. The second-order valence-electron chi connectivity index (χ2n) is 7.01. The van der Waals surface area contributed by atoms with E-state index in [2.05, 4.69) is 4.72 Å². The third-order valence-electron chi connectivity index (χ3n) is 4.97. The highest BCUT2D eigenvalue weighted by molar-refractivity contribution is 7.92. The molecule has 0 atom stereocenters. The minimum atomic E-state index is -4.47. The van der Waals surface area contributed by atoms with E-state index in [1.165, 1.54) is 32.4 Å². The second kappa shape index (κ2) is 8.53. The van der Waals surface area contributed by atoms with E-state index in [0.717, 1.165) is 24.3 Å². The Morgan fingerprint density at radius 1 is 1.00 bits per heavy atom. The number of halogens is 3. The van der Waals surface area contributed by atoms with Crippen molar-refractivity contribution >= 4 is 33.3 Å². The maximum absolute atomic E-state index is 14.9. The normalized spacial score (nSPS) is 14.5. The van der Waals surface area contributed by atoms with E-state index in [4.69, 9.17) is 25.8 Å². The molecule has 4 bridgehead atoms. The lowest BCUT2D eigenvalue weighted by Crippen LogP contribution is -2.16. The van der Waals surface area contributed by atoms with Gasteiger partial charge in [-0.15, -0.1) is 0 Å². The van der Waals surface area contributed by atoms with Gasteiger partial charge in [0.2, 0.25) is 0 Å². The Bertz CT molecular complexity index is 1390. The molecule has 33 heavy (non-hydrogen) atoms. The molecule has 4 rings (SSSR count). The molecule has 11 heteroatoms. The first-order valence-electron chi connectivity index (χ1n) is 9.38. The number of benzene rings is 3. The van der Waals surface area contributed by atoms with Gasteiger partial charge in [0.15, 0.2) is 17.3 Å². The summed E-state index contributed by atoms with van der Waals surface area (Å²) in [6.07, 6.45) is 0. The van der Waals surface area contributed by atoms with Crippen molar-refractivity contribution in [1.82, 2.24) is 0 Å². The zero-order valence-electron chi connectivity index (χ0n) is 17.2. The Morgan fingerprint density at radius 3 is 2.42 bits per heavy atom. The first-order valence-corrected chi connectivity index (χ1v) is 11.2. The highest BCUT2D eigenvalue weighted by Crippen LogP contribution is 2.39. The molecule has 7 nitrogen and oxygen atoms in total. The number of anilines is 1. The Morgan fingerprint density at radius 2 is 1.73 bits per heavy atom. The van der Waals surface area contributed by atoms with Crippen LogP contribution in [0.5, 0.6) is 11.5 Å². The summed E-state index contributed by atoms with van der Waals surface area (Å²) in [6.45, 7) is -0.295. The summed E-state index contributed by atoms with van der Waals surface area (Å²) < 4.78 is 73.2. The van der Waals surface area contributed by atoms with Gasteiger partial charge in [0.1, 0.15) is 17.3 Å². The Hall–Kier alpha value is -3.37. The third kappa shape index (κ3) is 4.19. The van der Waals surface area contributed by atoms with E-state index in [0.29, 0.717) is 5.56 Å². The number of sulfonamides is 1. The maximum Gasteiger partial charge on any atom is 0.338 e. The quantitative estimate of drug-likeness (QED) is 0.515. The predicted molar refractivity (Wildman–Crippen MR) is 116 cm³/mol. The van der Waals surface area contributed by atoms with Gasteiger partial charge in [-0.3, -0.25) is 4.72 Å². The molecular weight excluding hydrogens is 480 g/mol. The number of carbonyl (C=O) groups is 1. The Balaban J connectivity index is 2.04. The van der Waals surface area contributed by atoms with Gasteiger partial charge < -0.3 is 14.2 Å². The first-order chi connectivity index (χ1) is 15.6. The van der Waals surface area contributed by atoms with Crippen LogP contribution in [0.3, 0.4) is 0 Å². The second-order valence-corrected chi connectivity index (χ2v) is 9.07. The van der Waals surface area contributed by atoms with E-state index in [1.807, 2.05) is 0 Å². The molecule has 3 aromatic rings. The SMILES string of the molecule is COc1c(F)cc2cc1NS(=O)(=O)c1cc(cc(Cl)c1OC)C(=O)OCc1ccc(F)cc1-2. The van der Waals surface area contributed by atoms with Crippen LogP contribution in [-0.2, 0) is 21.4 Å². The summed E-state index contributed by atoms with van der Waals surface area (Å²) in [5, 5.41) is -0.156. The molecule has 1 N–H and O–H groups in total. The van der Waals surface area contributed by atoms with Crippen molar-refractivity contribution in [3.63, 3.8) is 0 Å². The largest absolute Gasteiger partial charge is 0.494 e. The molecule has 0 aromatic heterocycles. The van der Waals surface area contributed by atoms with E-state index >= 15 is 0 Å². The van der Waals surface area contributed by atoms with Crippen molar-refractivity contribution in [3.05, 3.63) is 70.2 Å². The number of hydrogen-bond acceptors (Lipinski definition) is 6. The molecule has 172 valence electrons. The summed E-state index contributed by atoms with van der Waals surface area (Å²) in [7, 11) is -2.09. The average molecular weight is 496 g/mol. The van der Waals surface area contributed by atoms with E-state index in [-0.39, 0.29) is 45.5 Å². The topological polar surface area (TPSA) is 90.9 Å². The number of nitrogens with one attached hydrogen (secondary N) is 1. The van der Waals surface area contributed by atoms with Crippen molar-refractivity contribution in [3.8, 4) is 22.6 Å². The molecule has 1 heterocycles. The van der Waals surface area contributed by atoms with Gasteiger partial charge in [-0.05, 0) is 53.1 Å². The molecule has 1 aliphatic heterocycles. The van der Waals surface area contributed by atoms with Crippen LogP contribution in [0.1, 0.15) is 15.9 Å². The number of fused-ring (bicyclic) bond motifs is 6. The number of ether oxygens (including phenoxy) is 3. The van der Waals surface area contributed by atoms with Crippen molar-refractivity contribution in [2.75, 3.05) is 18.9 Å². The first kappa shape index (κ1) is 22.8. The van der Waals surface area contributed by atoms with Gasteiger partial charge in [-0.25, -0.2) is 22.0 Å². The van der Waals surface area contributed by atoms with Gasteiger partial charge in [0.25, 0.3) is 10.0 Å². The highest BCUT2D eigenvalue weighted by Gasteiger charge is 2.28. The third-order valence-corrected chi connectivity index (χ3v) is 6.62. The highest BCUT2D eigenvalue weighted by atomic mass is 35.5. The van der Waals surface area contributed by atoms with Crippen LogP contribution in [-0.4, -0.2) is 28.6 Å². The monoisotopic (exact) mass is 495 g/mol. The van der Waals surface area contributed by atoms with Gasteiger partial charge in [0, 0.05) is 0 Å². The lowest BCUT2D eigenvalue weighted by molar-refractivity contribution is 0.0473. The van der Waals surface area contributed by atoms with Crippen LogP contribution >= 0.6 is 11.6 Å². The fourth-order valence-corrected chi connectivity index (χ4v) is 5.11. The fourth-order valence-electron chi connectivity index (χ4n) is 3.49. The van der Waals surface area contributed by atoms with Crippen molar-refractivity contribution in [2.24, 2.45) is 0 Å².